The number of carboxylic acid groups (broad SMARTS) is 1. The van der Waals surface area contributed by atoms with Gasteiger partial charge in [-0.1, -0.05) is 25.7 Å². The predicted octanol–water partition coefficient (Wildman–Crippen LogP) is 3.89. The first kappa shape index (κ1) is 21.1. The van der Waals surface area contributed by atoms with Crippen LogP contribution >= 0.6 is 0 Å². The molecule has 1 aromatic carbocycles. The number of rotatable bonds is 14. The lowest BCUT2D eigenvalue weighted by Gasteiger charge is -2.17. The van der Waals surface area contributed by atoms with Gasteiger partial charge >= 0.3 is 5.97 Å². The molecule has 0 bridgehead atoms. The molecule has 142 valence electrons. The molecule has 0 saturated carbocycles. The van der Waals surface area contributed by atoms with E-state index in [1.165, 1.54) is 12.1 Å². The van der Waals surface area contributed by atoms with Gasteiger partial charge in [-0.05, 0) is 38.8 Å². The van der Waals surface area contributed by atoms with Crippen LogP contribution in [0.1, 0.15) is 62.7 Å². The highest BCUT2D eigenvalue weighted by Crippen LogP contribution is 2.39. The van der Waals surface area contributed by atoms with Gasteiger partial charge < -0.3 is 24.4 Å². The Morgan fingerprint density at radius 1 is 0.880 bits per heavy atom. The van der Waals surface area contributed by atoms with Gasteiger partial charge in [0.15, 0.2) is 11.5 Å². The van der Waals surface area contributed by atoms with E-state index in [1.54, 1.807) is 0 Å². The molecule has 0 fully saturated rings. The minimum atomic E-state index is -1.03. The molecule has 0 aliphatic heterocycles. The number of aliphatic hydroxyl groups excluding tert-OH is 1. The minimum absolute atomic E-state index is 0.114. The number of hydrogen-bond acceptors (Lipinski definition) is 5. The highest BCUT2D eigenvalue weighted by molar-refractivity contribution is 5.89. The van der Waals surface area contributed by atoms with Crippen molar-refractivity contribution in [2.24, 2.45) is 0 Å². The van der Waals surface area contributed by atoms with Crippen LogP contribution in [0.15, 0.2) is 12.1 Å². The van der Waals surface area contributed by atoms with Gasteiger partial charge in [-0.15, -0.1) is 0 Å². The lowest BCUT2D eigenvalue weighted by atomic mass is 10.1. The van der Waals surface area contributed by atoms with Crippen LogP contribution in [-0.4, -0.2) is 42.6 Å². The summed E-state index contributed by atoms with van der Waals surface area (Å²) >= 11 is 0. The molecule has 1 rings (SSSR count). The van der Waals surface area contributed by atoms with Crippen molar-refractivity contribution >= 4 is 5.97 Å². The average Bonchev–Trinajstić information content (AvgIpc) is 2.59. The Morgan fingerprint density at radius 3 is 1.88 bits per heavy atom. The molecule has 0 aliphatic carbocycles. The minimum Gasteiger partial charge on any atom is -0.490 e. The number of aliphatic hydroxyl groups is 1. The van der Waals surface area contributed by atoms with Crippen molar-refractivity contribution in [1.82, 2.24) is 0 Å². The van der Waals surface area contributed by atoms with Gasteiger partial charge in [-0.25, -0.2) is 4.79 Å². The van der Waals surface area contributed by atoms with E-state index in [2.05, 4.69) is 0 Å². The maximum Gasteiger partial charge on any atom is 0.335 e. The summed E-state index contributed by atoms with van der Waals surface area (Å²) in [5, 5.41) is 18.0. The van der Waals surface area contributed by atoms with Gasteiger partial charge in [0.05, 0.1) is 25.4 Å². The van der Waals surface area contributed by atoms with Gasteiger partial charge in [-0.2, -0.15) is 0 Å². The molecule has 0 unspecified atom stereocenters. The molecule has 0 aliphatic rings. The summed E-state index contributed by atoms with van der Waals surface area (Å²) in [6.45, 7) is 5.28. The van der Waals surface area contributed by atoms with Crippen LogP contribution in [0.4, 0.5) is 0 Å². The van der Waals surface area contributed by atoms with Crippen LogP contribution in [0, 0.1) is 0 Å². The largest absolute Gasteiger partial charge is 0.490 e. The van der Waals surface area contributed by atoms with Crippen LogP contribution in [0.3, 0.4) is 0 Å². The summed E-state index contributed by atoms with van der Waals surface area (Å²) in [6, 6.07) is 2.94. The molecular weight excluding hydrogens is 324 g/mol. The summed E-state index contributed by atoms with van der Waals surface area (Å²) in [5.41, 5.74) is 0.114. The number of hydrogen-bond donors (Lipinski definition) is 2. The first-order chi connectivity index (χ1) is 12.1. The van der Waals surface area contributed by atoms with E-state index in [-0.39, 0.29) is 12.2 Å². The second-order valence-electron chi connectivity index (χ2n) is 5.67. The van der Waals surface area contributed by atoms with E-state index in [4.69, 9.17) is 19.3 Å². The Morgan fingerprint density at radius 2 is 1.40 bits per heavy atom. The van der Waals surface area contributed by atoms with Gasteiger partial charge in [0.1, 0.15) is 0 Å². The molecule has 0 atom stereocenters. The zero-order valence-corrected chi connectivity index (χ0v) is 15.3. The molecule has 1 aromatic rings. The van der Waals surface area contributed by atoms with E-state index >= 15 is 0 Å². The van der Waals surface area contributed by atoms with E-state index in [0.717, 1.165) is 38.5 Å². The smallest absolute Gasteiger partial charge is 0.335 e. The number of carboxylic acids is 1. The molecule has 2 N–H and O–H groups in total. The highest BCUT2D eigenvalue weighted by Gasteiger charge is 2.18. The predicted molar refractivity (Wildman–Crippen MR) is 96.0 cm³/mol. The van der Waals surface area contributed by atoms with Gasteiger partial charge in [0.25, 0.3) is 0 Å². The van der Waals surface area contributed by atoms with Crippen LogP contribution in [0.25, 0.3) is 0 Å². The molecule has 0 spiro atoms. The molecular formula is C19H30O6. The highest BCUT2D eigenvalue weighted by atomic mass is 16.5. The Balaban J connectivity index is 2.67. The van der Waals surface area contributed by atoms with Crippen molar-refractivity contribution in [3.8, 4) is 17.2 Å². The number of carbonyl (C=O) groups is 1. The van der Waals surface area contributed by atoms with Crippen LogP contribution in [0.5, 0.6) is 17.2 Å². The van der Waals surface area contributed by atoms with Crippen molar-refractivity contribution in [2.75, 3.05) is 26.4 Å². The molecule has 0 radical (unpaired) electrons. The van der Waals surface area contributed by atoms with E-state index in [1.807, 2.05) is 13.8 Å². The zero-order valence-electron chi connectivity index (χ0n) is 15.3. The van der Waals surface area contributed by atoms with E-state index in [0.29, 0.717) is 37.1 Å². The van der Waals surface area contributed by atoms with Crippen LogP contribution in [-0.2, 0) is 0 Å². The second kappa shape index (κ2) is 12.4. The third-order valence-corrected chi connectivity index (χ3v) is 3.67. The first-order valence-electron chi connectivity index (χ1n) is 9.04. The lowest BCUT2D eigenvalue weighted by Crippen LogP contribution is -2.07. The maximum absolute atomic E-state index is 11.3. The fraction of sp³-hybridized carbons (Fsp3) is 0.632. The Hall–Kier alpha value is -1.95. The third-order valence-electron chi connectivity index (χ3n) is 3.67. The third kappa shape index (κ3) is 7.65. The maximum atomic E-state index is 11.3. The summed E-state index contributed by atoms with van der Waals surface area (Å²) in [5.74, 6) is 0.230. The van der Waals surface area contributed by atoms with E-state index in [9.17, 15) is 9.90 Å². The lowest BCUT2D eigenvalue weighted by molar-refractivity contribution is 0.0695. The van der Waals surface area contributed by atoms with Crippen molar-refractivity contribution in [3.63, 3.8) is 0 Å². The Kier molecular flexibility index (Phi) is 10.5. The van der Waals surface area contributed by atoms with Gasteiger partial charge in [0.2, 0.25) is 5.75 Å². The van der Waals surface area contributed by atoms with E-state index < -0.39 is 5.97 Å². The Bertz CT molecular complexity index is 488. The van der Waals surface area contributed by atoms with Gasteiger partial charge in [-0.3, -0.25) is 0 Å². The first-order valence-corrected chi connectivity index (χ1v) is 9.04. The monoisotopic (exact) mass is 354 g/mol. The number of ether oxygens (including phenoxy) is 3. The van der Waals surface area contributed by atoms with Crippen molar-refractivity contribution in [1.29, 1.82) is 0 Å². The summed E-state index contributed by atoms with van der Waals surface area (Å²) in [7, 11) is 0. The number of unbranched alkanes of at least 4 members (excludes halogenated alkanes) is 5. The van der Waals surface area contributed by atoms with Gasteiger partial charge in [0, 0.05) is 6.61 Å². The summed E-state index contributed by atoms with van der Waals surface area (Å²) < 4.78 is 16.9. The summed E-state index contributed by atoms with van der Waals surface area (Å²) in [4.78, 5) is 11.3. The zero-order chi connectivity index (χ0) is 18.5. The Labute approximate surface area is 149 Å². The average molecular weight is 354 g/mol. The van der Waals surface area contributed by atoms with Crippen LogP contribution < -0.4 is 14.2 Å². The molecule has 0 amide bonds. The SMILES string of the molecule is CCOc1cc(C(=O)O)cc(OCC)c1OCCCCCCCCO. The molecule has 0 heterocycles. The fourth-order valence-corrected chi connectivity index (χ4v) is 2.46. The topological polar surface area (TPSA) is 85.2 Å². The molecule has 25 heavy (non-hydrogen) atoms. The number of aromatic carboxylic acids is 1. The standard InChI is InChI=1S/C19H30O6/c1-3-23-16-13-15(19(21)22)14-17(24-4-2)18(16)25-12-10-8-6-5-7-9-11-20/h13-14,20H,3-12H2,1-2H3,(H,21,22). The molecule has 6 heteroatoms. The quantitative estimate of drug-likeness (QED) is 0.493. The molecule has 0 saturated heterocycles. The molecule has 6 nitrogen and oxygen atoms in total. The van der Waals surface area contributed by atoms with Crippen LogP contribution in [0.2, 0.25) is 0 Å². The van der Waals surface area contributed by atoms with Crippen molar-refractivity contribution < 1.29 is 29.2 Å². The normalized spacial score (nSPS) is 10.5. The van der Waals surface area contributed by atoms with Crippen molar-refractivity contribution in [3.05, 3.63) is 17.7 Å². The fourth-order valence-electron chi connectivity index (χ4n) is 2.46. The summed E-state index contributed by atoms with van der Waals surface area (Å²) in [6.07, 6.45) is 6.09. The number of benzene rings is 1. The van der Waals surface area contributed by atoms with Crippen molar-refractivity contribution in [2.45, 2.75) is 52.4 Å². The molecule has 0 aromatic heterocycles. The second-order valence-corrected chi connectivity index (χ2v) is 5.67.